The first kappa shape index (κ1) is 18.2. The van der Waals surface area contributed by atoms with E-state index in [2.05, 4.69) is 33.8 Å². The van der Waals surface area contributed by atoms with Gasteiger partial charge in [0.05, 0.1) is 13.1 Å². The van der Waals surface area contributed by atoms with Crippen LogP contribution in [0.15, 0.2) is 30.3 Å². The Morgan fingerprint density at radius 3 is 2.56 bits per heavy atom. The van der Waals surface area contributed by atoms with E-state index in [0.717, 1.165) is 44.1 Å². The maximum Gasteiger partial charge on any atom is 0.231 e. The van der Waals surface area contributed by atoms with Crippen molar-refractivity contribution in [3.05, 3.63) is 47.5 Å². The minimum Gasteiger partial charge on any atom is -0.369 e. The van der Waals surface area contributed by atoms with E-state index in [4.69, 9.17) is 15.8 Å². The van der Waals surface area contributed by atoms with Gasteiger partial charge < -0.3 is 5.73 Å². The van der Waals surface area contributed by atoms with Crippen molar-refractivity contribution in [2.75, 3.05) is 19.6 Å². The Labute approximate surface area is 160 Å². The maximum absolute atomic E-state index is 11.3. The monoisotopic (exact) mass is 367 g/mol. The third-order valence-corrected chi connectivity index (χ3v) is 5.86. The fraction of sp³-hybridized carbons (Fsp3) is 0.571. The van der Waals surface area contributed by atoms with Crippen LogP contribution in [0.1, 0.15) is 67.6 Å². The lowest BCUT2D eigenvalue weighted by Crippen LogP contribution is -2.40. The quantitative estimate of drug-likeness (QED) is 0.851. The first-order valence-electron chi connectivity index (χ1n) is 10.2. The second kappa shape index (κ2) is 8.21. The second-order valence-corrected chi connectivity index (χ2v) is 7.99. The number of primary amides is 1. The number of likely N-dealkylation sites (tertiary alicyclic amines) is 1. The van der Waals surface area contributed by atoms with Crippen molar-refractivity contribution in [3.63, 3.8) is 0 Å². The average molecular weight is 367 g/mol. The van der Waals surface area contributed by atoms with Gasteiger partial charge in [0.1, 0.15) is 5.82 Å². The normalized spacial score (nSPS) is 21.6. The first-order valence-corrected chi connectivity index (χ1v) is 10.2. The van der Waals surface area contributed by atoms with Gasteiger partial charge in [0.15, 0.2) is 5.82 Å². The van der Waals surface area contributed by atoms with E-state index in [9.17, 15) is 4.79 Å². The lowest BCUT2D eigenvalue weighted by atomic mass is 9.97. The molecule has 1 aliphatic carbocycles. The Balaban J connectivity index is 1.59. The third kappa shape index (κ3) is 4.38. The zero-order valence-corrected chi connectivity index (χ0v) is 15.9. The number of hydrogen-bond donors (Lipinski definition) is 1. The van der Waals surface area contributed by atoms with Crippen LogP contribution in [0.3, 0.4) is 0 Å². The van der Waals surface area contributed by atoms with E-state index in [-0.39, 0.29) is 5.91 Å². The summed E-state index contributed by atoms with van der Waals surface area (Å²) in [4.78, 5) is 18.5. The Morgan fingerprint density at radius 1 is 1.07 bits per heavy atom. The molecule has 2 aliphatic rings. The van der Waals surface area contributed by atoms with Crippen molar-refractivity contribution in [1.82, 2.24) is 19.7 Å². The van der Waals surface area contributed by atoms with Gasteiger partial charge in [-0.05, 0) is 37.8 Å². The molecule has 6 nitrogen and oxygen atoms in total. The molecule has 0 spiro atoms. The van der Waals surface area contributed by atoms with Gasteiger partial charge >= 0.3 is 0 Å². The van der Waals surface area contributed by atoms with E-state index < -0.39 is 0 Å². The summed E-state index contributed by atoms with van der Waals surface area (Å²) < 4.78 is 2.11. The molecule has 144 valence electrons. The molecule has 1 atom stereocenters. The average Bonchev–Trinajstić information content (AvgIpc) is 3.32. The highest BCUT2D eigenvalue weighted by Gasteiger charge is 2.29. The third-order valence-electron chi connectivity index (χ3n) is 5.86. The number of nitrogens with two attached hydrogens (primary N) is 1. The standard InChI is InChI=1S/C21H29N5O/c22-19(27)15-25-12-6-11-18(14-25)21-23-20(17-9-4-5-10-17)24-26(21)13-16-7-2-1-3-8-16/h1-3,7-8,17-18H,4-6,9-15H2,(H2,22,27). The van der Waals surface area contributed by atoms with Gasteiger partial charge in [0.2, 0.25) is 5.91 Å². The van der Waals surface area contributed by atoms with Crippen LogP contribution in [0, 0.1) is 0 Å². The zero-order chi connectivity index (χ0) is 18.6. The predicted octanol–water partition coefficient (Wildman–Crippen LogP) is 2.65. The molecule has 1 aromatic heterocycles. The Bertz CT molecular complexity index is 766. The number of piperidine rings is 1. The topological polar surface area (TPSA) is 77.0 Å². The number of carbonyl (C=O) groups excluding carboxylic acids is 1. The summed E-state index contributed by atoms with van der Waals surface area (Å²) in [5.41, 5.74) is 6.65. The molecule has 1 saturated carbocycles. The smallest absolute Gasteiger partial charge is 0.231 e. The Hall–Kier alpha value is -2.21. The summed E-state index contributed by atoms with van der Waals surface area (Å²) in [6.07, 6.45) is 7.12. The van der Waals surface area contributed by atoms with Crippen LogP contribution in [0.25, 0.3) is 0 Å². The van der Waals surface area contributed by atoms with Crippen molar-refractivity contribution in [2.45, 2.75) is 56.9 Å². The summed E-state index contributed by atoms with van der Waals surface area (Å²) in [6, 6.07) is 10.5. The molecule has 6 heteroatoms. The van der Waals surface area contributed by atoms with Crippen molar-refractivity contribution in [2.24, 2.45) is 5.73 Å². The second-order valence-electron chi connectivity index (χ2n) is 7.99. The van der Waals surface area contributed by atoms with Gasteiger partial charge in [0, 0.05) is 18.4 Å². The summed E-state index contributed by atoms with van der Waals surface area (Å²) in [5, 5.41) is 4.94. The molecule has 0 bridgehead atoms. The van der Waals surface area contributed by atoms with Crippen molar-refractivity contribution in [3.8, 4) is 0 Å². The molecular weight excluding hydrogens is 338 g/mol. The summed E-state index contributed by atoms with van der Waals surface area (Å²) >= 11 is 0. The molecule has 1 aliphatic heterocycles. The molecule has 1 aromatic carbocycles. The fourth-order valence-electron chi connectivity index (χ4n) is 4.53. The number of aromatic nitrogens is 3. The van der Waals surface area contributed by atoms with E-state index in [1.165, 1.54) is 31.2 Å². The van der Waals surface area contributed by atoms with Gasteiger partial charge in [-0.15, -0.1) is 0 Å². The van der Waals surface area contributed by atoms with Crippen LogP contribution in [0.5, 0.6) is 0 Å². The van der Waals surface area contributed by atoms with Crippen LogP contribution in [0.4, 0.5) is 0 Å². The molecule has 1 unspecified atom stereocenters. The van der Waals surface area contributed by atoms with Gasteiger partial charge in [-0.3, -0.25) is 9.69 Å². The molecule has 2 heterocycles. The molecule has 4 rings (SSSR count). The van der Waals surface area contributed by atoms with Crippen molar-refractivity contribution >= 4 is 5.91 Å². The van der Waals surface area contributed by atoms with Crippen LogP contribution < -0.4 is 5.73 Å². The van der Waals surface area contributed by atoms with Gasteiger partial charge in [-0.1, -0.05) is 43.2 Å². The number of rotatable bonds is 6. The molecular formula is C21H29N5O. The highest BCUT2D eigenvalue weighted by molar-refractivity contribution is 5.75. The number of nitrogens with zero attached hydrogens (tertiary/aromatic N) is 4. The SMILES string of the molecule is NC(=O)CN1CCCC(c2nc(C3CCCC3)nn2Cc2ccccc2)C1. The molecule has 2 aromatic rings. The minimum atomic E-state index is -0.256. The Morgan fingerprint density at radius 2 is 1.81 bits per heavy atom. The van der Waals surface area contributed by atoms with Crippen molar-refractivity contribution in [1.29, 1.82) is 0 Å². The number of hydrogen-bond acceptors (Lipinski definition) is 4. The lowest BCUT2D eigenvalue weighted by molar-refractivity contribution is -0.119. The van der Waals surface area contributed by atoms with E-state index in [0.29, 0.717) is 18.4 Å². The molecule has 0 radical (unpaired) electrons. The largest absolute Gasteiger partial charge is 0.369 e. The highest BCUT2D eigenvalue weighted by Crippen LogP contribution is 2.34. The fourth-order valence-corrected chi connectivity index (χ4v) is 4.53. The van der Waals surface area contributed by atoms with Gasteiger partial charge in [-0.2, -0.15) is 5.10 Å². The maximum atomic E-state index is 11.3. The number of amides is 1. The predicted molar refractivity (Wildman–Crippen MR) is 104 cm³/mol. The molecule has 2 fully saturated rings. The van der Waals surface area contributed by atoms with E-state index in [1.54, 1.807) is 0 Å². The molecule has 2 N–H and O–H groups in total. The first-order chi connectivity index (χ1) is 13.2. The lowest BCUT2D eigenvalue weighted by Gasteiger charge is -2.31. The van der Waals surface area contributed by atoms with Crippen LogP contribution >= 0.6 is 0 Å². The van der Waals surface area contributed by atoms with Crippen LogP contribution in [0.2, 0.25) is 0 Å². The number of benzene rings is 1. The van der Waals surface area contributed by atoms with E-state index in [1.807, 2.05) is 6.07 Å². The van der Waals surface area contributed by atoms with Gasteiger partial charge in [-0.25, -0.2) is 9.67 Å². The summed E-state index contributed by atoms with van der Waals surface area (Å²) in [5.74, 6) is 2.66. The number of carbonyl (C=O) groups is 1. The van der Waals surface area contributed by atoms with Crippen molar-refractivity contribution < 1.29 is 4.79 Å². The molecule has 27 heavy (non-hydrogen) atoms. The Kier molecular flexibility index (Phi) is 5.53. The van der Waals surface area contributed by atoms with E-state index >= 15 is 0 Å². The van der Waals surface area contributed by atoms with Gasteiger partial charge in [0.25, 0.3) is 0 Å². The van der Waals surface area contributed by atoms with Crippen LogP contribution in [-0.2, 0) is 11.3 Å². The van der Waals surface area contributed by atoms with Crippen LogP contribution in [-0.4, -0.2) is 45.2 Å². The molecule has 1 amide bonds. The summed E-state index contributed by atoms with van der Waals surface area (Å²) in [6.45, 7) is 2.85. The minimum absolute atomic E-state index is 0.256. The molecule has 1 saturated heterocycles. The summed E-state index contributed by atoms with van der Waals surface area (Å²) in [7, 11) is 0. The highest BCUT2D eigenvalue weighted by atomic mass is 16.1. The zero-order valence-electron chi connectivity index (χ0n) is 15.9.